The van der Waals surface area contributed by atoms with Crippen molar-refractivity contribution in [3.63, 3.8) is 0 Å². The van der Waals surface area contributed by atoms with Crippen molar-refractivity contribution < 1.29 is 24.1 Å². The van der Waals surface area contributed by atoms with Gasteiger partial charge in [-0.15, -0.1) is 0 Å². The maximum Gasteiger partial charge on any atom is 0.336 e. The zero-order valence-corrected chi connectivity index (χ0v) is 19.0. The van der Waals surface area contributed by atoms with Crippen LogP contribution >= 0.6 is 0 Å². The quantitative estimate of drug-likeness (QED) is 0.309. The summed E-state index contributed by atoms with van der Waals surface area (Å²) < 4.78 is 9.92. The molecule has 8 nitrogen and oxygen atoms in total. The van der Waals surface area contributed by atoms with Gasteiger partial charge in [-0.05, 0) is 70.0 Å². The number of carbonyl (C=O) groups is 2. The first kappa shape index (κ1) is 22.7. The maximum atomic E-state index is 13.6. The Balaban J connectivity index is 1.86. The molecule has 34 heavy (non-hydrogen) atoms. The number of carbonyl (C=O) groups excluding carboxylic acids is 1. The fraction of sp³-hybridized carbons (Fsp3) is 0.154. The van der Waals surface area contributed by atoms with Crippen LogP contribution in [-0.2, 0) is 11.2 Å². The van der Waals surface area contributed by atoms with Gasteiger partial charge in [-0.3, -0.25) is 4.79 Å². The van der Waals surface area contributed by atoms with Gasteiger partial charge in [0.05, 0.1) is 12.7 Å². The summed E-state index contributed by atoms with van der Waals surface area (Å²) in [6, 6.07) is 19.0. The Bertz CT molecular complexity index is 1370. The minimum atomic E-state index is -1.21. The Morgan fingerprint density at radius 1 is 0.912 bits per heavy atom. The van der Waals surface area contributed by atoms with E-state index in [2.05, 4.69) is 10.3 Å². The molecule has 0 fully saturated rings. The highest BCUT2D eigenvalue weighted by Crippen LogP contribution is 2.28. The lowest BCUT2D eigenvalue weighted by molar-refractivity contribution is -0.130. The minimum absolute atomic E-state index is 0.0950. The average molecular weight is 457 g/mol. The molecule has 0 bridgehead atoms. The molecule has 172 valence electrons. The monoisotopic (exact) mass is 457 g/mol. The molecule has 1 N–H and O–H groups in total. The molecule has 0 saturated carbocycles. The molecule has 1 aromatic heterocycles. The Hall–Kier alpha value is -4.46. The van der Waals surface area contributed by atoms with Crippen molar-refractivity contribution in [3.05, 3.63) is 89.0 Å². The highest BCUT2D eigenvalue weighted by atomic mass is 16.6. The van der Waals surface area contributed by atoms with E-state index in [0.29, 0.717) is 27.9 Å². The summed E-state index contributed by atoms with van der Waals surface area (Å²) in [6.45, 7) is 0. The molecule has 0 aliphatic rings. The highest BCUT2D eigenvalue weighted by Gasteiger charge is 2.24. The van der Waals surface area contributed by atoms with Gasteiger partial charge in [0.15, 0.2) is 5.78 Å². The fourth-order valence-electron chi connectivity index (χ4n) is 3.68. The fourth-order valence-corrected chi connectivity index (χ4v) is 3.68. The van der Waals surface area contributed by atoms with Crippen molar-refractivity contribution in [2.45, 2.75) is 6.42 Å². The van der Waals surface area contributed by atoms with Crippen molar-refractivity contribution in [3.8, 4) is 5.75 Å². The number of aromatic nitrogens is 2. The molecule has 0 aliphatic heterocycles. The molecule has 0 spiro atoms. The van der Waals surface area contributed by atoms with Crippen molar-refractivity contribution in [1.29, 1.82) is 0 Å². The lowest BCUT2D eigenvalue weighted by Crippen LogP contribution is -2.14. The molecule has 0 amide bonds. The van der Waals surface area contributed by atoms with Crippen LogP contribution in [0.5, 0.6) is 5.75 Å². The van der Waals surface area contributed by atoms with E-state index < -0.39 is 5.97 Å². The summed E-state index contributed by atoms with van der Waals surface area (Å²) in [4.78, 5) is 28.1. The van der Waals surface area contributed by atoms with Crippen molar-refractivity contribution in [2.75, 3.05) is 26.1 Å². The first-order chi connectivity index (χ1) is 16.4. The standard InChI is InChI=1S/C26H23N3O5/c1-29(2)19-9-4-16(5-10-19)14-21(25(30)17-6-11-20(33-3)12-7-17)24(26(31)32)18-8-13-22-23(15-18)28-34-27-22/h4-13,15H,14H2,1-3H3,(H,31,32). The van der Waals surface area contributed by atoms with Crippen LogP contribution < -0.4 is 9.64 Å². The second kappa shape index (κ2) is 9.58. The number of hydrogen-bond acceptors (Lipinski definition) is 7. The third-order valence-electron chi connectivity index (χ3n) is 5.52. The number of methoxy groups -OCH3 is 1. The third kappa shape index (κ3) is 4.66. The van der Waals surface area contributed by atoms with E-state index in [1.165, 1.54) is 7.11 Å². The van der Waals surface area contributed by atoms with Crippen LogP contribution in [-0.4, -0.2) is 48.4 Å². The van der Waals surface area contributed by atoms with Crippen molar-refractivity contribution in [2.24, 2.45) is 0 Å². The number of nitrogens with zero attached hydrogens (tertiary/aromatic N) is 3. The molecular weight excluding hydrogens is 434 g/mol. The molecular formula is C26H23N3O5. The van der Waals surface area contributed by atoms with Gasteiger partial charge in [0.1, 0.15) is 16.8 Å². The zero-order chi connectivity index (χ0) is 24.2. The molecule has 0 radical (unpaired) electrons. The minimum Gasteiger partial charge on any atom is -0.497 e. The summed E-state index contributed by atoms with van der Waals surface area (Å²) in [6.07, 6.45) is 0.134. The SMILES string of the molecule is COc1ccc(C(=O)C(Cc2ccc(N(C)C)cc2)=C(C(=O)O)c2ccc3nonc3c2)cc1. The van der Waals surface area contributed by atoms with Crippen molar-refractivity contribution in [1.82, 2.24) is 10.3 Å². The molecule has 0 aliphatic carbocycles. The summed E-state index contributed by atoms with van der Waals surface area (Å²) in [5.74, 6) is -0.989. The Kier molecular flexibility index (Phi) is 6.40. The van der Waals surface area contributed by atoms with E-state index in [-0.39, 0.29) is 23.4 Å². The van der Waals surface area contributed by atoms with Crippen molar-refractivity contribution >= 4 is 34.0 Å². The van der Waals surface area contributed by atoms with Crippen LogP contribution in [0.1, 0.15) is 21.5 Å². The lowest BCUT2D eigenvalue weighted by atomic mass is 9.89. The van der Waals surface area contributed by atoms with E-state index in [1.54, 1.807) is 42.5 Å². The van der Waals surface area contributed by atoms with Gasteiger partial charge in [0.25, 0.3) is 0 Å². The molecule has 8 heteroatoms. The molecule has 0 unspecified atom stereocenters. The van der Waals surface area contributed by atoms with E-state index in [0.717, 1.165) is 11.3 Å². The number of anilines is 1. The maximum absolute atomic E-state index is 13.6. The highest BCUT2D eigenvalue weighted by molar-refractivity contribution is 6.26. The smallest absolute Gasteiger partial charge is 0.336 e. The van der Waals surface area contributed by atoms with Gasteiger partial charge in [-0.1, -0.05) is 18.2 Å². The first-order valence-corrected chi connectivity index (χ1v) is 10.5. The van der Waals surface area contributed by atoms with Gasteiger partial charge < -0.3 is 14.7 Å². The number of ether oxygens (including phenoxy) is 1. The van der Waals surface area contributed by atoms with Crippen LogP contribution in [0, 0.1) is 0 Å². The van der Waals surface area contributed by atoms with E-state index >= 15 is 0 Å². The summed E-state index contributed by atoms with van der Waals surface area (Å²) >= 11 is 0. The summed E-state index contributed by atoms with van der Waals surface area (Å²) in [5, 5.41) is 17.8. The molecule has 0 atom stereocenters. The van der Waals surface area contributed by atoms with Gasteiger partial charge in [0, 0.05) is 37.3 Å². The number of hydrogen-bond donors (Lipinski definition) is 1. The normalized spacial score (nSPS) is 11.7. The predicted octanol–water partition coefficient (Wildman–Crippen LogP) is 4.26. The zero-order valence-electron chi connectivity index (χ0n) is 19.0. The van der Waals surface area contributed by atoms with Gasteiger partial charge in [0.2, 0.25) is 0 Å². The van der Waals surface area contributed by atoms with E-state index in [9.17, 15) is 14.7 Å². The number of Topliss-reactive ketones (excluding diaryl/α,β-unsaturated/α-hetero) is 1. The second-order valence-corrected chi connectivity index (χ2v) is 7.92. The number of allylic oxidation sites excluding steroid dienone is 1. The van der Waals surface area contributed by atoms with Gasteiger partial charge >= 0.3 is 5.97 Å². The largest absolute Gasteiger partial charge is 0.497 e. The second-order valence-electron chi connectivity index (χ2n) is 7.92. The van der Waals surface area contributed by atoms with Crippen LogP contribution in [0.25, 0.3) is 16.6 Å². The van der Waals surface area contributed by atoms with Gasteiger partial charge in [-0.25, -0.2) is 9.42 Å². The first-order valence-electron chi connectivity index (χ1n) is 10.5. The molecule has 1 heterocycles. The number of benzene rings is 3. The average Bonchev–Trinajstić information content (AvgIpc) is 3.31. The number of aliphatic carboxylic acids is 1. The van der Waals surface area contributed by atoms with Crippen LogP contribution in [0.4, 0.5) is 5.69 Å². The van der Waals surface area contributed by atoms with E-state index in [4.69, 9.17) is 9.37 Å². The number of fused-ring (bicyclic) bond motifs is 1. The summed E-state index contributed by atoms with van der Waals surface area (Å²) in [7, 11) is 5.41. The Morgan fingerprint density at radius 2 is 1.56 bits per heavy atom. The Labute approximate surface area is 196 Å². The van der Waals surface area contributed by atoms with Crippen LogP contribution in [0.2, 0.25) is 0 Å². The van der Waals surface area contributed by atoms with E-state index in [1.807, 2.05) is 43.3 Å². The number of carboxylic acid groups (broad SMARTS) is 1. The molecule has 4 rings (SSSR count). The van der Waals surface area contributed by atoms with Gasteiger partial charge in [-0.2, -0.15) is 0 Å². The molecule has 3 aromatic carbocycles. The number of carboxylic acids is 1. The summed E-state index contributed by atoms with van der Waals surface area (Å²) in [5.41, 5.74) is 3.48. The molecule has 4 aromatic rings. The topological polar surface area (TPSA) is 106 Å². The van der Waals surface area contributed by atoms with Crippen LogP contribution in [0.3, 0.4) is 0 Å². The lowest BCUT2D eigenvalue weighted by Gasteiger charge is -2.15. The number of ketones is 1. The van der Waals surface area contributed by atoms with Crippen LogP contribution in [0.15, 0.2) is 76.9 Å². The molecule has 0 saturated heterocycles. The predicted molar refractivity (Wildman–Crippen MR) is 128 cm³/mol. The Morgan fingerprint density at radius 3 is 2.18 bits per heavy atom. The number of rotatable bonds is 8. The third-order valence-corrected chi connectivity index (χ3v) is 5.52.